The van der Waals surface area contributed by atoms with Crippen LogP contribution in [0.4, 0.5) is 5.69 Å². The van der Waals surface area contributed by atoms with Crippen LogP contribution in [-0.4, -0.2) is 22.5 Å². The Morgan fingerprint density at radius 2 is 1.96 bits per heavy atom. The third-order valence-electron chi connectivity index (χ3n) is 4.08. The van der Waals surface area contributed by atoms with Crippen molar-refractivity contribution >= 4 is 28.7 Å². The molecule has 0 fully saturated rings. The van der Waals surface area contributed by atoms with Gasteiger partial charge in [-0.15, -0.1) is 0 Å². The zero-order chi connectivity index (χ0) is 19.4. The Balaban J connectivity index is 1.56. The molecule has 3 rings (SSSR count). The molecule has 0 aliphatic rings. The van der Waals surface area contributed by atoms with Gasteiger partial charge in [0.15, 0.2) is 11.7 Å². The predicted molar refractivity (Wildman–Crippen MR) is 100 cm³/mol. The lowest BCUT2D eigenvalue weighted by atomic mass is 10.2. The Bertz CT molecular complexity index is 1030. The minimum absolute atomic E-state index is 0.0501. The van der Waals surface area contributed by atoms with E-state index in [1.165, 1.54) is 11.5 Å². The van der Waals surface area contributed by atoms with Gasteiger partial charge in [0.05, 0.1) is 11.9 Å². The molecular formula is C20H20N2O5. The summed E-state index contributed by atoms with van der Waals surface area (Å²) >= 11 is 0. The van der Waals surface area contributed by atoms with Gasteiger partial charge in [0.2, 0.25) is 0 Å². The Labute approximate surface area is 155 Å². The molecule has 0 aliphatic heterocycles. The zero-order valence-corrected chi connectivity index (χ0v) is 15.1. The van der Waals surface area contributed by atoms with Gasteiger partial charge in [0, 0.05) is 12.2 Å². The number of nitrogens with zero attached hydrogens (tertiary/aromatic N) is 1. The van der Waals surface area contributed by atoms with Crippen LogP contribution in [0.25, 0.3) is 11.1 Å². The number of para-hydroxylation sites is 2. The van der Waals surface area contributed by atoms with Crippen LogP contribution in [0.15, 0.2) is 57.7 Å². The minimum atomic E-state index is -0.948. The van der Waals surface area contributed by atoms with Gasteiger partial charge in [-0.3, -0.25) is 14.2 Å². The summed E-state index contributed by atoms with van der Waals surface area (Å²) in [5, 5.41) is 2.70. The number of carbonyl (C=O) groups excluding carboxylic acids is 2. The van der Waals surface area contributed by atoms with Gasteiger partial charge in [0.1, 0.15) is 0 Å². The highest BCUT2D eigenvalue weighted by atomic mass is 16.5. The second-order valence-corrected chi connectivity index (χ2v) is 6.23. The van der Waals surface area contributed by atoms with Crippen LogP contribution in [0.3, 0.4) is 0 Å². The molecule has 1 heterocycles. The van der Waals surface area contributed by atoms with E-state index in [2.05, 4.69) is 5.32 Å². The first kappa shape index (κ1) is 18.4. The lowest BCUT2D eigenvalue weighted by molar-refractivity contribution is -0.153. The molecule has 0 aliphatic carbocycles. The number of oxazole rings is 1. The van der Waals surface area contributed by atoms with Crippen molar-refractivity contribution in [1.29, 1.82) is 0 Å². The highest BCUT2D eigenvalue weighted by molar-refractivity contribution is 5.95. The number of anilines is 1. The first-order chi connectivity index (χ1) is 12.9. The van der Waals surface area contributed by atoms with Crippen LogP contribution in [0, 0.1) is 6.92 Å². The number of aryl methyl sites for hydroxylation is 2. The molecule has 1 atom stereocenters. The predicted octanol–water partition coefficient (Wildman–Crippen LogP) is 2.86. The van der Waals surface area contributed by atoms with E-state index in [0.717, 1.165) is 5.56 Å². The lowest BCUT2D eigenvalue weighted by Gasteiger charge is -2.14. The number of fused-ring (bicyclic) bond motifs is 1. The van der Waals surface area contributed by atoms with E-state index in [9.17, 15) is 14.4 Å². The van der Waals surface area contributed by atoms with Crippen molar-refractivity contribution in [2.24, 2.45) is 0 Å². The van der Waals surface area contributed by atoms with E-state index < -0.39 is 23.7 Å². The van der Waals surface area contributed by atoms with E-state index in [1.807, 2.05) is 25.1 Å². The highest BCUT2D eigenvalue weighted by Crippen LogP contribution is 2.13. The van der Waals surface area contributed by atoms with Crippen LogP contribution in [0.5, 0.6) is 0 Å². The molecule has 0 bridgehead atoms. The van der Waals surface area contributed by atoms with Crippen molar-refractivity contribution in [3.05, 3.63) is 64.6 Å². The third kappa shape index (κ3) is 4.44. The van der Waals surface area contributed by atoms with Crippen molar-refractivity contribution in [2.45, 2.75) is 32.9 Å². The van der Waals surface area contributed by atoms with Crippen LogP contribution in [-0.2, 0) is 20.9 Å². The quantitative estimate of drug-likeness (QED) is 0.676. The fourth-order valence-electron chi connectivity index (χ4n) is 2.71. The molecule has 1 amide bonds. The molecule has 2 aromatic carbocycles. The monoisotopic (exact) mass is 368 g/mol. The van der Waals surface area contributed by atoms with Crippen LogP contribution in [0.1, 0.15) is 18.9 Å². The number of aromatic nitrogens is 1. The fraction of sp³-hybridized carbons (Fsp3) is 0.250. The van der Waals surface area contributed by atoms with Crippen molar-refractivity contribution in [3.63, 3.8) is 0 Å². The topological polar surface area (TPSA) is 90.5 Å². The first-order valence-corrected chi connectivity index (χ1v) is 8.59. The molecule has 7 nitrogen and oxygen atoms in total. The van der Waals surface area contributed by atoms with Gasteiger partial charge in [-0.1, -0.05) is 24.3 Å². The average molecular weight is 368 g/mol. The summed E-state index contributed by atoms with van der Waals surface area (Å²) in [4.78, 5) is 36.1. The van der Waals surface area contributed by atoms with Crippen LogP contribution >= 0.6 is 0 Å². The first-order valence-electron chi connectivity index (χ1n) is 8.59. The van der Waals surface area contributed by atoms with Gasteiger partial charge in [0.25, 0.3) is 5.91 Å². The van der Waals surface area contributed by atoms with Crippen molar-refractivity contribution in [3.8, 4) is 0 Å². The minimum Gasteiger partial charge on any atom is -0.452 e. The number of benzene rings is 2. The van der Waals surface area contributed by atoms with E-state index >= 15 is 0 Å². The molecular weight excluding hydrogens is 348 g/mol. The number of rotatable bonds is 6. The number of nitrogens with one attached hydrogen (secondary N) is 1. The van der Waals surface area contributed by atoms with E-state index in [-0.39, 0.29) is 13.0 Å². The molecule has 140 valence electrons. The number of ether oxygens (including phenoxy) is 1. The molecule has 0 spiro atoms. The maximum atomic E-state index is 12.2. The summed E-state index contributed by atoms with van der Waals surface area (Å²) in [6, 6.07) is 14.3. The van der Waals surface area contributed by atoms with Crippen LogP contribution < -0.4 is 11.1 Å². The molecule has 0 saturated carbocycles. The summed E-state index contributed by atoms with van der Waals surface area (Å²) in [5.74, 6) is -1.52. The normalized spacial score (nSPS) is 11.9. The summed E-state index contributed by atoms with van der Waals surface area (Å²) < 4.78 is 11.7. The molecule has 0 radical (unpaired) electrons. The van der Waals surface area contributed by atoms with E-state index in [4.69, 9.17) is 9.15 Å². The van der Waals surface area contributed by atoms with E-state index in [1.54, 1.807) is 30.3 Å². The zero-order valence-electron chi connectivity index (χ0n) is 15.1. The van der Waals surface area contributed by atoms with Gasteiger partial charge in [-0.05, 0) is 43.7 Å². The summed E-state index contributed by atoms with van der Waals surface area (Å²) in [6.45, 7) is 3.53. The van der Waals surface area contributed by atoms with E-state index in [0.29, 0.717) is 16.8 Å². The lowest BCUT2D eigenvalue weighted by Crippen LogP contribution is -2.30. The molecule has 3 aromatic rings. The molecule has 7 heteroatoms. The number of carbonyl (C=O) groups is 2. The maximum Gasteiger partial charge on any atom is 0.419 e. The summed E-state index contributed by atoms with van der Waals surface area (Å²) in [6.07, 6.45) is -0.998. The largest absolute Gasteiger partial charge is 0.452 e. The molecule has 0 unspecified atom stereocenters. The smallest absolute Gasteiger partial charge is 0.419 e. The molecule has 1 aromatic heterocycles. The second-order valence-electron chi connectivity index (χ2n) is 6.23. The van der Waals surface area contributed by atoms with Crippen molar-refractivity contribution < 1.29 is 18.7 Å². The van der Waals surface area contributed by atoms with Crippen LogP contribution in [0.2, 0.25) is 0 Å². The van der Waals surface area contributed by atoms with Gasteiger partial charge < -0.3 is 14.5 Å². The second kappa shape index (κ2) is 7.90. The number of esters is 1. The Morgan fingerprint density at radius 3 is 2.74 bits per heavy atom. The number of hydrogen-bond acceptors (Lipinski definition) is 5. The van der Waals surface area contributed by atoms with Gasteiger partial charge in [-0.25, -0.2) is 4.79 Å². The molecule has 27 heavy (non-hydrogen) atoms. The third-order valence-corrected chi connectivity index (χ3v) is 4.08. The standard InChI is InChI=1S/C20H20N2O5/c1-13-6-5-7-15(12-13)21-19(24)14(2)26-18(23)10-11-22-16-8-3-4-9-17(16)27-20(22)25/h3-9,12,14H,10-11H2,1-2H3,(H,21,24)/t14-/m0/s1. The fourth-order valence-corrected chi connectivity index (χ4v) is 2.71. The Kier molecular flexibility index (Phi) is 5.40. The molecule has 0 saturated heterocycles. The van der Waals surface area contributed by atoms with Gasteiger partial charge >= 0.3 is 11.7 Å². The van der Waals surface area contributed by atoms with Crippen molar-refractivity contribution in [1.82, 2.24) is 4.57 Å². The SMILES string of the molecule is Cc1cccc(NC(=O)[C@H](C)OC(=O)CCn2c(=O)oc3ccccc32)c1. The Morgan fingerprint density at radius 1 is 1.19 bits per heavy atom. The summed E-state index contributed by atoms with van der Waals surface area (Å²) in [5.41, 5.74) is 2.72. The number of hydrogen-bond donors (Lipinski definition) is 1. The average Bonchev–Trinajstić information content (AvgIpc) is 2.95. The van der Waals surface area contributed by atoms with Gasteiger partial charge in [-0.2, -0.15) is 0 Å². The number of amides is 1. The molecule has 1 N–H and O–H groups in total. The Hall–Kier alpha value is -3.35. The maximum absolute atomic E-state index is 12.2. The summed E-state index contributed by atoms with van der Waals surface area (Å²) in [7, 11) is 0. The highest BCUT2D eigenvalue weighted by Gasteiger charge is 2.19. The van der Waals surface area contributed by atoms with Crippen molar-refractivity contribution in [2.75, 3.05) is 5.32 Å².